The topological polar surface area (TPSA) is 120 Å². The second-order valence-corrected chi connectivity index (χ2v) is 2.81. The molecule has 84 valence electrons. The summed E-state index contributed by atoms with van der Waals surface area (Å²) in [6, 6.07) is 0. The highest BCUT2D eigenvalue weighted by atomic mass is 16.6. The predicted molar refractivity (Wildman–Crippen MR) is 45.9 cm³/mol. The largest absolute Gasteiger partial charge is 0.438 e. The molecule has 0 radical (unpaired) electrons. The molecule has 1 atom stereocenters. The molecule has 0 aromatic rings. The van der Waals surface area contributed by atoms with Gasteiger partial charge in [-0.05, 0) is 19.4 Å². The summed E-state index contributed by atoms with van der Waals surface area (Å²) < 4.78 is 8.63. The van der Waals surface area contributed by atoms with Crippen molar-refractivity contribution >= 4 is 18.0 Å². The first-order valence-corrected chi connectivity index (χ1v) is 4.30. The Morgan fingerprint density at radius 3 is 2.60 bits per heavy atom. The van der Waals surface area contributed by atoms with E-state index in [1.165, 1.54) is 5.43 Å². The second-order valence-electron chi connectivity index (χ2n) is 2.81. The minimum Gasteiger partial charge on any atom is -0.438 e. The lowest BCUT2D eigenvalue weighted by Crippen LogP contribution is -2.37. The maximum absolute atomic E-state index is 11.0. The van der Waals surface area contributed by atoms with Crippen molar-refractivity contribution in [1.82, 2.24) is 10.7 Å². The van der Waals surface area contributed by atoms with Gasteiger partial charge in [-0.3, -0.25) is 10.7 Å². The SMILES string of the molecule is NNC(=O)OC(=O)C(=O)O[C@@H]1CCCN1. The maximum atomic E-state index is 11.0. The van der Waals surface area contributed by atoms with E-state index in [0.29, 0.717) is 6.42 Å². The minimum absolute atomic E-state index is 0.494. The molecule has 0 spiro atoms. The van der Waals surface area contributed by atoms with Gasteiger partial charge in [-0.2, -0.15) is 0 Å². The molecule has 1 heterocycles. The van der Waals surface area contributed by atoms with Gasteiger partial charge in [0.05, 0.1) is 0 Å². The Hall–Kier alpha value is -1.67. The molecule has 1 aliphatic rings. The van der Waals surface area contributed by atoms with Gasteiger partial charge in [0.2, 0.25) is 0 Å². The standard InChI is InChI=1S/C7H11N3O5/c8-10-7(13)15-6(12)5(11)14-4-2-1-3-9-4/h4,9H,1-3,8H2,(H,10,13)/t4-/m1/s1. The Labute approximate surface area is 85.0 Å². The van der Waals surface area contributed by atoms with Crippen LogP contribution in [0.4, 0.5) is 4.79 Å². The van der Waals surface area contributed by atoms with Crippen molar-refractivity contribution in [3.05, 3.63) is 0 Å². The van der Waals surface area contributed by atoms with E-state index in [9.17, 15) is 14.4 Å². The van der Waals surface area contributed by atoms with Gasteiger partial charge in [0.15, 0.2) is 6.23 Å². The average Bonchev–Trinajstić information content (AvgIpc) is 2.70. The highest BCUT2D eigenvalue weighted by molar-refractivity contribution is 6.31. The summed E-state index contributed by atoms with van der Waals surface area (Å²) in [6.45, 7) is 0.719. The Kier molecular flexibility index (Phi) is 4.01. The van der Waals surface area contributed by atoms with Crippen LogP contribution in [-0.4, -0.2) is 30.8 Å². The smallest absolute Gasteiger partial charge is 0.429 e. The Bertz CT molecular complexity index is 274. The molecule has 0 bridgehead atoms. The zero-order valence-electron chi connectivity index (χ0n) is 7.82. The molecule has 1 aliphatic heterocycles. The number of esters is 2. The van der Waals surface area contributed by atoms with Crippen molar-refractivity contribution in [3.8, 4) is 0 Å². The van der Waals surface area contributed by atoms with Gasteiger partial charge >= 0.3 is 18.0 Å². The number of carbonyl (C=O) groups is 3. The molecule has 8 heteroatoms. The number of nitrogens with one attached hydrogen (secondary N) is 2. The van der Waals surface area contributed by atoms with Crippen LogP contribution in [0, 0.1) is 0 Å². The highest BCUT2D eigenvalue weighted by Gasteiger charge is 2.26. The third kappa shape index (κ3) is 3.52. The number of hydrogen-bond acceptors (Lipinski definition) is 7. The van der Waals surface area contributed by atoms with Crippen LogP contribution in [0.3, 0.4) is 0 Å². The fourth-order valence-electron chi connectivity index (χ4n) is 1.09. The van der Waals surface area contributed by atoms with E-state index >= 15 is 0 Å². The third-order valence-corrected chi connectivity index (χ3v) is 1.73. The first-order chi connectivity index (χ1) is 7.13. The lowest BCUT2D eigenvalue weighted by molar-refractivity contribution is -0.168. The molecular formula is C7H11N3O5. The Balaban J connectivity index is 2.32. The third-order valence-electron chi connectivity index (χ3n) is 1.73. The Morgan fingerprint density at radius 2 is 2.07 bits per heavy atom. The van der Waals surface area contributed by atoms with Gasteiger partial charge in [0.1, 0.15) is 0 Å². The molecule has 8 nitrogen and oxygen atoms in total. The van der Waals surface area contributed by atoms with Gasteiger partial charge in [0, 0.05) is 0 Å². The molecule has 4 N–H and O–H groups in total. The number of nitrogens with two attached hydrogens (primary N) is 1. The van der Waals surface area contributed by atoms with Crippen molar-refractivity contribution < 1.29 is 23.9 Å². The van der Waals surface area contributed by atoms with Crippen molar-refractivity contribution in [1.29, 1.82) is 0 Å². The molecule has 0 aliphatic carbocycles. The quantitative estimate of drug-likeness (QED) is 0.120. The molecule has 15 heavy (non-hydrogen) atoms. The monoisotopic (exact) mass is 217 g/mol. The van der Waals surface area contributed by atoms with Crippen LogP contribution in [-0.2, 0) is 19.1 Å². The zero-order valence-corrected chi connectivity index (χ0v) is 7.82. The number of rotatable bonds is 1. The van der Waals surface area contributed by atoms with Gasteiger partial charge in [-0.1, -0.05) is 0 Å². The van der Waals surface area contributed by atoms with Gasteiger partial charge < -0.3 is 9.47 Å². The molecule has 0 aromatic heterocycles. The summed E-state index contributed by atoms with van der Waals surface area (Å²) in [5.74, 6) is 2.02. The molecule has 1 fully saturated rings. The van der Waals surface area contributed by atoms with Crippen LogP contribution in [0.1, 0.15) is 12.8 Å². The summed E-state index contributed by atoms with van der Waals surface area (Å²) >= 11 is 0. The number of ether oxygens (including phenoxy) is 2. The van der Waals surface area contributed by atoms with Crippen LogP contribution >= 0.6 is 0 Å². The van der Waals surface area contributed by atoms with Crippen LogP contribution in [0.5, 0.6) is 0 Å². The lowest BCUT2D eigenvalue weighted by atomic mass is 10.4. The predicted octanol–water partition coefficient (Wildman–Crippen LogP) is -1.63. The summed E-state index contributed by atoms with van der Waals surface area (Å²) in [5.41, 5.74) is 1.54. The van der Waals surface area contributed by atoms with Crippen molar-refractivity contribution in [2.45, 2.75) is 19.1 Å². The average molecular weight is 217 g/mol. The number of hydrogen-bond donors (Lipinski definition) is 3. The van der Waals surface area contributed by atoms with E-state index in [1.807, 2.05) is 0 Å². The number of carbonyl (C=O) groups excluding carboxylic acids is 3. The van der Waals surface area contributed by atoms with E-state index < -0.39 is 24.3 Å². The van der Waals surface area contributed by atoms with Gasteiger partial charge in [-0.15, -0.1) is 0 Å². The molecular weight excluding hydrogens is 206 g/mol. The summed E-state index contributed by atoms with van der Waals surface area (Å²) in [6.07, 6.45) is -0.222. The van der Waals surface area contributed by atoms with E-state index in [2.05, 4.69) is 20.6 Å². The van der Waals surface area contributed by atoms with Crippen LogP contribution in [0.2, 0.25) is 0 Å². The Morgan fingerprint density at radius 1 is 1.33 bits per heavy atom. The lowest BCUT2D eigenvalue weighted by Gasteiger charge is -2.10. The fraction of sp³-hybridized carbons (Fsp3) is 0.571. The molecule has 0 unspecified atom stereocenters. The van der Waals surface area contributed by atoms with Crippen molar-refractivity contribution in [2.75, 3.05) is 6.54 Å². The molecule has 1 saturated heterocycles. The molecule has 0 aromatic carbocycles. The highest BCUT2D eigenvalue weighted by Crippen LogP contribution is 2.06. The second kappa shape index (κ2) is 5.27. The molecule has 1 rings (SSSR count). The molecule has 1 amide bonds. The van der Waals surface area contributed by atoms with Crippen LogP contribution in [0.25, 0.3) is 0 Å². The van der Waals surface area contributed by atoms with Crippen LogP contribution < -0.4 is 16.6 Å². The minimum atomic E-state index is -1.40. The first-order valence-electron chi connectivity index (χ1n) is 4.30. The summed E-state index contributed by atoms with van der Waals surface area (Å²) in [7, 11) is 0. The summed E-state index contributed by atoms with van der Waals surface area (Å²) in [4.78, 5) is 32.3. The van der Waals surface area contributed by atoms with Crippen LogP contribution in [0.15, 0.2) is 0 Å². The molecule has 0 saturated carbocycles. The normalized spacial score (nSPS) is 19.4. The van der Waals surface area contributed by atoms with E-state index in [-0.39, 0.29) is 0 Å². The van der Waals surface area contributed by atoms with E-state index in [0.717, 1.165) is 13.0 Å². The zero-order chi connectivity index (χ0) is 11.3. The fourth-order valence-corrected chi connectivity index (χ4v) is 1.09. The van der Waals surface area contributed by atoms with Crippen molar-refractivity contribution in [3.63, 3.8) is 0 Å². The maximum Gasteiger partial charge on any atom is 0.429 e. The van der Waals surface area contributed by atoms with E-state index in [1.54, 1.807) is 0 Å². The summed E-state index contributed by atoms with van der Waals surface area (Å²) in [5, 5.41) is 2.83. The van der Waals surface area contributed by atoms with Gasteiger partial charge in [-0.25, -0.2) is 20.2 Å². The number of hydrazine groups is 1. The van der Waals surface area contributed by atoms with Gasteiger partial charge in [0.25, 0.3) is 0 Å². The van der Waals surface area contributed by atoms with Crippen molar-refractivity contribution in [2.24, 2.45) is 5.84 Å². The number of amides is 1. The van der Waals surface area contributed by atoms with E-state index in [4.69, 9.17) is 0 Å². The first kappa shape index (κ1) is 11.4.